The van der Waals surface area contributed by atoms with Gasteiger partial charge in [0, 0.05) is 16.7 Å². The van der Waals surface area contributed by atoms with Gasteiger partial charge in [0.1, 0.15) is 11.5 Å². The second-order valence-corrected chi connectivity index (χ2v) is 10.2. The Hall–Kier alpha value is -3.10. The van der Waals surface area contributed by atoms with Crippen molar-refractivity contribution in [2.45, 2.75) is 13.0 Å². The Balaban J connectivity index is 1.63. The lowest BCUT2D eigenvalue weighted by Crippen LogP contribution is -2.39. The average molecular weight is 560 g/mol. The van der Waals surface area contributed by atoms with Gasteiger partial charge >= 0.3 is 5.97 Å². The number of hydrogen-bond acceptors (Lipinski definition) is 6. The summed E-state index contributed by atoms with van der Waals surface area (Å²) >= 11 is 19.4. The average Bonchev–Trinajstić information content (AvgIpc) is 3.44. The van der Waals surface area contributed by atoms with Gasteiger partial charge in [0.25, 0.3) is 5.56 Å². The molecule has 0 amide bonds. The highest BCUT2D eigenvalue weighted by Crippen LogP contribution is 2.32. The number of esters is 1. The summed E-state index contributed by atoms with van der Waals surface area (Å²) < 4.78 is 12.9. The third-order valence-electron chi connectivity index (χ3n) is 5.72. The third kappa shape index (κ3) is 4.44. The van der Waals surface area contributed by atoms with Crippen molar-refractivity contribution in [1.29, 1.82) is 0 Å². The molecule has 0 saturated carbocycles. The van der Waals surface area contributed by atoms with Crippen LogP contribution in [0.5, 0.6) is 0 Å². The lowest BCUT2D eigenvalue weighted by molar-refractivity contribution is -0.136. The maximum Gasteiger partial charge on any atom is 0.338 e. The van der Waals surface area contributed by atoms with Gasteiger partial charge in [0.2, 0.25) is 0 Å². The molecule has 1 aliphatic heterocycles. The minimum Gasteiger partial charge on any atom is -0.466 e. The molecule has 182 valence electrons. The van der Waals surface area contributed by atoms with Crippen LogP contribution in [0.25, 0.3) is 17.4 Å². The molecule has 0 N–H and O–H groups in total. The molecule has 0 spiro atoms. The van der Waals surface area contributed by atoms with Crippen molar-refractivity contribution >= 4 is 58.2 Å². The topological polar surface area (TPSA) is 73.8 Å². The summed E-state index contributed by atoms with van der Waals surface area (Å²) in [6.45, 7) is 1.72. The standard InChI is InChI=1S/C26H17Cl3N2O4S/c1-13-22(25(33)34-2)23(14-3-6-16(27)7-4-14)31-24(32)21(36-26(31)30-13)12-17-8-10-20(35-17)15-5-9-18(28)19(29)11-15/h3-12,23H,1-2H3/b21-12-/t23-/m0/s1. The number of aromatic nitrogens is 1. The second kappa shape index (κ2) is 9.75. The smallest absolute Gasteiger partial charge is 0.338 e. The van der Waals surface area contributed by atoms with Gasteiger partial charge in [-0.1, -0.05) is 58.3 Å². The molecule has 3 heterocycles. The molecule has 5 rings (SSSR count). The molecule has 2 aromatic heterocycles. The van der Waals surface area contributed by atoms with E-state index in [0.717, 1.165) is 5.56 Å². The van der Waals surface area contributed by atoms with Crippen LogP contribution in [0, 0.1) is 0 Å². The summed E-state index contributed by atoms with van der Waals surface area (Å²) in [7, 11) is 1.30. The SMILES string of the molecule is COC(=O)C1=C(C)N=c2s/c(=C\c3ccc(-c4ccc(Cl)c(Cl)c4)o3)c(=O)n2[C@H]1c1ccc(Cl)cc1. The zero-order valence-corrected chi connectivity index (χ0v) is 22.0. The van der Waals surface area contributed by atoms with Crippen LogP contribution < -0.4 is 14.9 Å². The zero-order chi connectivity index (χ0) is 25.6. The molecule has 1 aliphatic rings. The fourth-order valence-electron chi connectivity index (χ4n) is 4.02. The Kier molecular flexibility index (Phi) is 6.66. The van der Waals surface area contributed by atoms with Crippen LogP contribution in [-0.4, -0.2) is 17.6 Å². The summed E-state index contributed by atoms with van der Waals surface area (Å²) in [6.07, 6.45) is 1.65. The Bertz CT molecular complexity index is 1710. The minimum atomic E-state index is -0.712. The van der Waals surface area contributed by atoms with Crippen LogP contribution in [-0.2, 0) is 9.53 Å². The molecule has 6 nitrogen and oxygen atoms in total. The quantitative estimate of drug-likeness (QED) is 0.304. The number of allylic oxidation sites excluding steroid dienone is 1. The van der Waals surface area contributed by atoms with Crippen molar-refractivity contribution in [2.24, 2.45) is 4.99 Å². The lowest BCUT2D eigenvalue weighted by Gasteiger charge is -2.24. The Labute approximate surface area is 224 Å². The number of carbonyl (C=O) groups is 1. The minimum absolute atomic E-state index is 0.290. The number of thiazole rings is 1. The highest BCUT2D eigenvalue weighted by Gasteiger charge is 2.33. The van der Waals surface area contributed by atoms with Gasteiger partial charge in [-0.15, -0.1) is 0 Å². The van der Waals surface area contributed by atoms with Crippen molar-refractivity contribution < 1.29 is 13.9 Å². The number of carbonyl (C=O) groups excluding carboxylic acids is 1. The molecule has 0 aliphatic carbocycles. The van der Waals surface area contributed by atoms with E-state index >= 15 is 0 Å². The van der Waals surface area contributed by atoms with E-state index in [9.17, 15) is 9.59 Å². The first-order valence-electron chi connectivity index (χ1n) is 10.7. The number of halogens is 3. The molecular formula is C26H17Cl3N2O4S. The lowest BCUT2D eigenvalue weighted by atomic mass is 9.96. The van der Waals surface area contributed by atoms with Crippen molar-refractivity contribution in [2.75, 3.05) is 7.11 Å². The Morgan fingerprint density at radius 2 is 1.83 bits per heavy atom. The van der Waals surface area contributed by atoms with Gasteiger partial charge in [-0.2, -0.15) is 0 Å². The maximum absolute atomic E-state index is 13.6. The monoisotopic (exact) mass is 558 g/mol. The first-order valence-corrected chi connectivity index (χ1v) is 12.6. The van der Waals surface area contributed by atoms with Crippen molar-refractivity contribution in [3.63, 3.8) is 0 Å². The van der Waals surface area contributed by atoms with E-state index in [1.807, 2.05) is 0 Å². The van der Waals surface area contributed by atoms with Crippen molar-refractivity contribution in [1.82, 2.24) is 4.57 Å². The summed E-state index contributed by atoms with van der Waals surface area (Å²) in [5, 5.41) is 1.41. The first kappa shape index (κ1) is 24.6. The van der Waals surface area contributed by atoms with E-state index in [1.54, 1.807) is 67.6 Å². The van der Waals surface area contributed by atoms with Crippen LogP contribution >= 0.6 is 46.1 Å². The molecule has 0 bridgehead atoms. The largest absolute Gasteiger partial charge is 0.466 e. The van der Waals surface area contributed by atoms with Gasteiger partial charge in [-0.25, -0.2) is 9.79 Å². The molecule has 36 heavy (non-hydrogen) atoms. The van der Waals surface area contributed by atoms with Crippen LogP contribution in [0.4, 0.5) is 0 Å². The molecule has 4 aromatic rings. The van der Waals surface area contributed by atoms with Crippen LogP contribution in [0.1, 0.15) is 24.3 Å². The van der Waals surface area contributed by atoms with Crippen molar-refractivity contribution in [3.05, 3.63) is 112 Å². The fourth-order valence-corrected chi connectivity index (χ4v) is 5.47. The van der Waals surface area contributed by atoms with Crippen LogP contribution in [0.3, 0.4) is 0 Å². The maximum atomic E-state index is 13.6. The van der Waals surface area contributed by atoms with Gasteiger partial charge in [0.15, 0.2) is 4.80 Å². The Morgan fingerprint density at radius 3 is 2.53 bits per heavy atom. The van der Waals surface area contributed by atoms with Gasteiger partial charge in [-0.05, 0) is 55.0 Å². The summed E-state index contributed by atoms with van der Waals surface area (Å²) in [6, 6.07) is 15.0. The van der Waals surface area contributed by atoms with Crippen molar-refractivity contribution in [3.8, 4) is 11.3 Å². The number of hydrogen-bond donors (Lipinski definition) is 0. The summed E-state index contributed by atoms with van der Waals surface area (Å²) in [4.78, 5) is 31.3. The van der Waals surface area contributed by atoms with Gasteiger partial charge in [0.05, 0.1) is 39.0 Å². The van der Waals surface area contributed by atoms with Crippen LogP contribution in [0.15, 0.2) is 80.1 Å². The number of furan rings is 1. The molecule has 0 saturated heterocycles. The fraction of sp³-hybridized carbons (Fsp3) is 0.115. The van der Waals surface area contributed by atoms with E-state index in [0.29, 0.717) is 52.8 Å². The predicted molar refractivity (Wildman–Crippen MR) is 141 cm³/mol. The van der Waals surface area contributed by atoms with Gasteiger partial charge in [-0.3, -0.25) is 9.36 Å². The highest BCUT2D eigenvalue weighted by atomic mass is 35.5. The number of rotatable bonds is 4. The van der Waals surface area contributed by atoms with E-state index < -0.39 is 12.0 Å². The number of methoxy groups -OCH3 is 1. The van der Waals surface area contributed by atoms with E-state index in [4.69, 9.17) is 44.0 Å². The molecule has 0 fully saturated rings. The number of ether oxygens (including phenoxy) is 1. The van der Waals surface area contributed by atoms with Gasteiger partial charge < -0.3 is 9.15 Å². The van der Waals surface area contributed by atoms with Crippen LogP contribution in [0.2, 0.25) is 15.1 Å². The second-order valence-electron chi connectivity index (χ2n) is 7.96. The zero-order valence-electron chi connectivity index (χ0n) is 18.9. The summed E-state index contributed by atoms with van der Waals surface area (Å²) in [5.74, 6) is 0.506. The number of nitrogens with zero attached hydrogens (tertiary/aromatic N) is 2. The molecule has 1 atom stereocenters. The molecule has 0 unspecified atom stereocenters. The highest BCUT2D eigenvalue weighted by molar-refractivity contribution is 7.07. The third-order valence-corrected chi connectivity index (χ3v) is 7.69. The number of fused-ring (bicyclic) bond motifs is 1. The Morgan fingerprint density at radius 1 is 1.08 bits per heavy atom. The first-order chi connectivity index (χ1) is 17.3. The van der Waals surface area contributed by atoms with E-state index in [-0.39, 0.29) is 5.56 Å². The molecule has 2 aromatic carbocycles. The van der Waals surface area contributed by atoms with E-state index in [2.05, 4.69) is 4.99 Å². The summed E-state index contributed by atoms with van der Waals surface area (Å²) in [5.41, 5.74) is 1.93. The number of benzene rings is 2. The molecule has 10 heteroatoms. The normalized spacial score (nSPS) is 15.6. The molecular weight excluding hydrogens is 543 g/mol. The molecule has 0 radical (unpaired) electrons. The van der Waals surface area contributed by atoms with E-state index in [1.165, 1.54) is 23.0 Å². The predicted octanol–water partition coefficient (Wildman–Crippen LogP) is 5.63.